The molecule has 2 heterocycles. The standard InChI is InChI=1S/C19H17N3O2/c23-18(17-10-9-14-5-1-2-7-16(14)22-17)8-4-12-21-19(24)15-6-3-11-20-13-15/h1-3,5-7,9-11,13H,4,8,12H2,(H,21,24). The van der Waals surface area contributed by atoms with Crippen molar-refractivity contribution in [2.24, 2.45) is 0 Å². The normalized spacial score (nSPS) is 10.5. The number of Topliss-reactive ketones (excluding diaryl/α,β-unsaturated/α-hetero) is 1. The fraction of sp³-hybridized carbons (Fsp3) is 0.158. The van der Waals surface area contributed by atoms with E-state index in [9.17, 15) is 9.59 Å². The molecule has 1 aromatic carbocycles. The summed E-state index contributed by atoms with van der Waals surface area (Å²) in [6, 6.07) is 14.8. The quantitative estimate of drug-likeness (QED) is 0.560. The van der Waals surface area contributed by atoms with Gasteiger partial charge in [-0.2, -0.15) is 0 Å². The summed E-state index contributed by atoms with van der Waals surface area (Å²) in [4.78, 5) is 32.4. The van der Waals surface area contributed by atoms with Crippen LogP contribution in [0.25, 0.3) is 10.9 Å². The first kappa shape index (κ1) is 15.8. The van der Waals surface area contributed by atoms with Crippen molar-refractivity contribution in [3.8, 4) is 0 Å². The van der Waals surface area contributed by atoms with Crippen molar-refractivity contribution in [1.82, 2.24) is 15.3 Å². The number of para-hydroxylation sites is 1. The minimum absolute atomic E-state index is 0.0172. The third-order valence-corrected chi connectivity index (χ3v) is 3.67. The molecule has 3 rings (SSSR count). The molecule has 0 spiro atoms. The third-order valence-electron chi connectivity index (χ3n) is 3.67. The summed E-state index contributed by atoms with van der Waals surface area (Å²) in [5.74, 6) is -0.198. The molecular weight excluding hydrogens is 302 g/mol. The molecule has 0 aliphatic heterocycles. The van der Waals surface area contributed by atoms with Gasteiger partial charge in [0.1, 0.15) is 5.69 Å². The molecule has 1 N–H and O–H groups in total. The van der Waals surface area contributed by atoms with E-state index in [1.54, 1.807) is 24.4 Å². The van der Waals surface area contributed by atoms with Crippen LogP contribution in [0.3, 0.4) is 0 Å². The molecule has 0 radical (unpaired) electrons. The van der Waals surface area contributed by atoms with Gasteiger partial charge in [-0.3, -0.25) is 14.6 Å². The Balaban J connectivity index is 1.51. The number of fused-ring (bicyclic) bond motifs is 1. The predicted octanol–water partition coefficient (Wildman–Crippen LogP) is 3.02. The van der Waals surface area contributed by atoms with Crippen LogP contribution in [-0.4, -0.2) is 28.2 Å². The third kappa shape index (κ3) is 3.81. The maximum Gasteiger partial charge on any atom is 0.252 e. The van der Waals surface area contributed by atoms with Crippen LogP contribution in [0.1, 0.15) is 33.7 Å². The highest BCUT2D eigenvalue weighted by Gasteiger charge is 2.09. The number of benzene rings is 1. The van der Waals surface area contributed by atoms with E-state index < -0.39 is 0 Å². The minimum atomic E-state index is -0.181. The monoisotopic (exact) mass is 319 g/mol. The number of nitrogens with one attached hydrogen (secondary N) is 1. The summed E-state index contributed by atoms with van der Waals surface area (Å²) < 4.78 is 0. The summed E-state index contributed by atoms with van der Waals surface area (Å²) in [7, 11) is 0. The maximum absolute atomic E-state index is 12.2. The summed E-state index contributed by atoms with van der Waals surface area (Å²) in [6.45, 7) is 0.438. The van der Waals surface area contributed by atoms with Crippen molar-refractivity contribution in [1.29, 1.82) is 0 Å². The van der Waals surface area contributed by atoms with Crippen molar-refractivity contribution in [3.63, 3.8) is 0 Å². The number of hydrogen-bond donors (Lipinski definition) is 1. The Hall–Kier alpha value is -3.08. The number of ketones is 1. The van der Waals surface area contributed by atoms with Gasteiger partial charge in [0, 0.05) is 30.7 Å². The topological polar surface area (TPSA) is 72.0 Å². The average molecular weight is 319 g/mol. The smallest absolute Gasteiger partial charge is 0.252 e. The molecule has 0 atom stereocenters. The second kappa shape index (κ2) is 7.46. The van der Waals surface area contributed by atoms with E-state index in [4.69, 9.17) is 0 Å². The van der Waals surface area contributed by atoms with Crippen LogP contribution >= 0.6 is 0 Å². The van der Waals surface area contributed by atoms with E-state index in [1.165, 1.54) is 6.20 Å². The van der Waals surface area contributed by atoms with Crippen LogP contribution in [0.2, 0.25) is 0 Å². The lowest BCUT2D eigenvalue weighted by Gasteiger charge is -2.05. The van der Waals surface area contributed by atoms with Gasteiger partial charge in [-0.15, -0.1) is 0 Å². The molecule has 0 unspecified atom stereocenters. The molecule has 5 nitrogen and oxygen atoms in total. The van der Waals surface area contributed by atoms with Gasteiger partial charge in [0.05, 0.1) is 11.1 Å². The van der Waals surface area contributed by atoms with Gasteiger partial charge in [-0.1, -0.05) is 24.3 Å². The molecule has 0 fully saturated rings. The Kier molecular flexibility index (Phi) is 4.91. The molecule has 5 heteroatoms. The van der Waals surface area contributed by atoms with Gasteiger partial charge in [-0.25, -0.2) is 4.98 Å². The number of aromatic nitrogens is 2. The number of rotatable bonds is 6. The molecule has 24 heavy (non-hydrogen) atoms. The number of pyridine rings is 2. The Labute approximate surface area is 139 Å². The zero-order valence-corrected chi connectivity index (χ0v) is 13.1. The van der Waals surface area contributed by atoms with E-state index in [0.717, 1.165) is 10.9 Å². The lowest BCUT2D eigenvalue weighted by molar-refractivity contribution is 0.0936. The predicted molar refractivity (Wildman–Crippen MR) is 91.9 cm³/mol. The molecule has 0 saturated carbocycles. The van der Waals surface area contributed by atoms with Gasteiger partial charge < -0.3 is 5.32 Å². The molecule has 0 bridgehead atoms. The van der Waals surface area contributed by atoms with Crippen molar-refractivity contribution >= 4 is 22.6 Å². The zero-order chi connectivity index (χ0) is 16.8. The first-order valence-corrected chi connectivity index (χ1v) is 7.81. The highest BCUT2D eigenvalue weighted by molar-refractivity contribution is 5.96. The number of amides is 1. The van der Waals surface area contributed by atoms with Crippen molar-refractivity contribution in [3.05, 3.63) is 72.2 Å². The fourth-order valence-electron chi connectivity index (χ4n) is 2.40. The van der Waals surface area contributed by atoms with Crippen LogP contribution in [0.5, 0.6) is 0 Å². The average Bonchev–Trinajstić information content (AvgIpc) is 2.65. The van der Waals surface area contributed by atoms with Gasteiger partial charge in [0.15, 0.2) is 5.78 Å². The summed E-state index contributed by atoms with van der Waals surface area (Å²) in [5, 5.41) is 3.80. The van der Waals surface area contributed by atoms with Gasteiger partial charge in [-0.05, 0) is 30.7 Å². The minimum Gasteiger partial charge on any atom is -0.352 e. The Morgan fingerprint density at radius 2 is 1.88 bits per heavy atom. The van der Waals surface area contributed by atoms with E-state index in [2.05, 4.69) is 15.3 Å². The molecule has 0 aliphatic rings. The van der Waals surface area contributed by atoms with Crippen molar-refractivity contribution in [2.45, 2.75) is 12.8 Å². The van der Waals surface area contributed by atoms with Gasteiger partial charge in [0.2, 0.25) is 0 Å². The second-order valence-electron chi connectivity index (χ2n) is 5.41. The number of carbonyl (C=O) groups is 2. The van der Waals surface area contributed by atoms with Crippen molar-refractivity contribution in [2.75, 3.05) is 6.54 Å². The SMILES string of the molecule is O=C(NCCCC(=O)c1ccc2ccccc2n1)c1cccnc1. The van der Waals surface area contributed by atoms with E-state index >= 15 is 0 Å². The Morgan fingerprint density at radius 3 is 2.71 bits per heavy atom. The second-order valence-corrected chi connectivity index (χ2v) is 5.41. The maximum atomic E-state index is 12.2. The lowest BCUT2D eigenvalue weighted by Crippen LogP contribution is -2.25. The van der Waals surface area contributed by atoms with Crippen LogP contribution in [-0.2, 0) is 0 Å². The van der Waals surface area contributed by atoms with E-state index in [0.29, 0.717) is 30.6 Å². The van der Waals surface area contributed by atoms with Crippen molar-refractivity contribution < 1.29 is 9.59 Å². The number of hydrogen-bond acceptors (Lipinski definition) is 4. The van der Waals surface area contributed by atoms with Crippen LogP contribution in [0.15, 0.2) is 60.9 Å². The highest BCUT2D eigenvalue weighted by atomic mass is 16.1. The molecular formula is C19H17N3O2. The van der Waals surface area contributed by atoms with Crippen LogP contribution in [0, 0.1) is 0 Å². The fourth-order valence-corrected chi connectivity index (χ4v) is 2.40. The highest BCUT2D eigenvalue weighted by Crippen LogP contribution is 2.13. The molecule has 2 aromatic heterocycles. The van der Waals surface area contributed by atoms with Crippen LogP contribution in [0.4, 0.5) is 0 Å². The molecule has 120 valence electrons. The number of carbonyl (C=O) groups excluding carboxylic acids is 2. The summed E-state index contributed by atoms with van der Waals surface area (Å²) in [6.07, 6.45) is 4.05. The lowest BCUT2D eigenvalue weighted by atomic mass is 10.1. The van der Waals surface area contributed by atoms with Crippen LogP contribution < -0.4 is 5.32 Å². The zero-order valence-electron chi connectivity index (χ0n) is 13.1. The summed E-state index contributed by atoms with van der Waals surface area (Å²) >= 11 is 0. The van der Waals surface area contributed by atoms with Gasteiger partial charge >= 0.3 is 0 Å². The van der Waals surface area contributed by atoms with E-state index in [-0.39, 0.29) is 11.7 Å². The van der Waals surface area contributed by atoms with E-state index in [1.807, 2.05) is 30.3 Å². The first-order valence-electron chi connectivity index (χ1n) is 7.81. The summed E-state index contributed by atoms with van der Waals surface area (Å²) in [5.41, 5.74) is 1.79. The first-order chi connectivity index (χ1) is 11.7. The van der Waals surface area contributed by atoms with Gasteiger partial charge in [0.25, 0.3) is 5.91 Å². The Bertz CT molecular complexity index is 863. The Morgan fingerprint density at radius 1 is 1.00 bits per heavy atom. The largest absolute Gasteiger partial charge is 0.352 e. The molecule has 1 amide bonds. The number of nitrogens with zero attached hydrogens (tertiary/aromatic N) is 2. The molecule has 0 saturated heterocycles. The molecule has 3 aromatic rings. The molecule has 0 aliphatic carbocycles.